The molecule has 37 heavy (non-hydrogen) atoms. The Bertz CT molecular complexity index is 1120. The van der Waals surface area contributed by atoms with Crippen molar-refractivity contribution in [3.63, 3.8) is 0 Å². The standard InChI is InChI=1S/C29H38ClN3O4/c1-5-6-14-33-25(27(35)32-21-9-7-8-16(2)18(21)4)29-13-12-22(37-29)23(24(29)28(33)36)26(34)31-19-11-10-17(3)20(30)15-19/h10-13,15-16,18,21-25H,5-9,14H2,1-4H3,(H,31,34)(H,32,35)/t16-,18-,21+,22+,23+,24+,25-,29-/m0/s1. The smallest absolute Gasteiger partial charge is 0.246 e. The first kappa shape index (κ1) is 26.2. The number of halogens is 1. The molecular formula is C29H38ClN3O4. The van der Waals surface area contributed by atoms with Crippen LogP contribution >= 0.6 is 11.6 Å². The third-order valence-corrected chi connectivity index (χ3v) is 9.56. The minimum absolute atomic E-state index is 0.0720. The van der Waals surface area contributed by atoms with E-state index in [-0.39, 0.29) is 23.8 Å². The third kappa shape index (κ3) is 4.38. The van der Waals surface area contributed by atoms with Gasteiger partial charge in [0.15, 0.2) is 0 Å². The summed E-state index contributed by atoms with van der Waals surface area (Å²) in [4.78, 5) is 43.0. The quantitative estimate of drug-likeness (QED) is 0.512. The van der Waals surface area contributed by atoms with Crippen molar-refractivity contribution in [2.24, 2.45) is 23.7 Å². The largest absolute Gasteiger partial charge is 0.359 e. The van der Waals surface area contributed by atoms with Crippen molar-refractivity contribution in [1.82, 2.24) is 10.2 Å². The number of ether oxygens (including phenoxy) is 1. The number of rotatable bonds is 7. The second-order valence-corrected chi connectivity index (χ2v) is 11.8. The van der Waals surface area contributed by atoms with Crippen LogP contribution in [0.2, 0.25) is 5.02 Å². The van der Waals surface area contributed by atoms with Crippen LogP contribution < -0.4 is 10.6 Å². The zero-order chi connectivity index (χ0) is 26.5. The van der Waals surface area contributed by atoms with Gasteiger partial charge in [-0.15, -0.1) is 0 Å². The van der Waals surface area contributed by atoms with Gasteiger partial charge in [0.1, 0.15) is 11.6 Å². The first-order valence-corrected chi connectivity index (χ1v) is 14.1. The monoisotopic (exact) mass is 527 g/mol. The number of likely N-dealkylation sites (tertiary alicyclic amines) is 1. The van der Waals surface area contributed by atoms with E-state index in [0.717, 1.165) is 31.2 Å². The van der Waals surface area contributed by atoms with Gasteiger partial charge in [0.2, 0.25) is 17.7 Å². The molecule has 3 fully saturated rings. The molecule has 0 aromatic heterocycles. The van der Waals surface area contributed by atoms with E-state index < -0.39 is 29.6 Å². The van der Waals surface area contributed by atoms with Crippen LogP contribution in [0.4, 0.5) is 5.69 Å². The highest BCUT2D eigenvalue weighted by atomic mass is 35.5. The van der Waals surface area contributed by atoms with E-state index in [9.17, 15) is 14.4 Å². The van der Waals surface area contributed by atoms with Gasteiger partial charge in [-0.2, -0.15) is 0 Å². The third-order valence-electron chi connectivity index (χ3n) is 9.15. The molecule has 2 N–H and O–H groups in total. The van der Waals surface area contributed by atoms with Gasteiger partial charge in [0, 0.05) is 23.3 Å². The number of hydrogen-bond acceptors (Lipinski definition) is 4. The Morgan fingerprint density at radius 2 is 2.00 bits per heavy atom. The highest BCUT2D eigenvalue weighted by molar-refractivity contribution is 6.31. The lowest BCUT2D eigenvalue weighted by Gasteiger charge is -2.38. The molecule has 7 nitrogen and oxygen atoms in total. The van der Waals surface area contributed by atoms with Crippen LogP contribution in [0.15, 0.2) is 30.4 Å². The summed E-state index contributed by atoms with van der Waals surface area (Å²) in [5.74, 6) is -1.19. The van der Waals surface area contributed by atoms with Crippen molar-refractivity contribution < 1.29 is 19.1 Å². The Morgan fingerprint density at radius 3 is 2.73 bits per heavy atom. The van der Waals surface area contributed by atoms with Gasteiger partial charge in [0.25, 0.3) is 0 Å². The molecule has 200 valence electrons. The molecule has 1 saturated carbocycles. The molecule has 0 unspecified atom stereocenters. The summed E-state index contributed by atoms with van der Waals surface area (Å²) < 4.78 is 6.43. The molecule has 1 aliphatic carbocycles. The Labute approximate surface area is 224 Å². The summed E-state index contributed by atoms with van der Waals surface area (Å²) in [6.45, 7) is 8.85. The van der Waals surface area contributed by atoms with Gasteiger partial charge in [-0.3, -0.25) is 14.4 Å². The van der Waals surface area contributed by atoms with E-state index in [1.807, 2.05) is 25.1 Å². The van der Waals surface area contributed by atoms with Crippen LogP contribution in [0.5, 0.6) is 0 Å². The molecule has 5 rings (SSSR count). The first-order valence-electron chi connectivity index (χ1n) is 13.7. The van der Waals surface area contributed by atoms with E-state index in [2.05, 4.69) is 31.4 Å². The number of fused-ring (bicyclic) bond motifs is 1. The van der Waals surface area contributed by atoms with Crippen LogP contribution in [-0.2, 0) is 19.1 Å². The molecule has 2 saturated heterocycles. The summed E-state index contributed by atoms with van der Waals surface area (Å²) >= 11 is 6.26. The lowest BCUT2D eigenvalue weighted by Crippen LogP contribution is -2.58. The number of aryl methyl sites for hydroxylation is 1. The number of benzene rings is 1. The van der Waals surface area contributed by atoms with E-state index in [1.54, 1.807) is 17.0 Å². The second kappa shape index (κ2) is 10.1. The summed E-state index contributed by atoms with van der Waals surface area (Å²) in [5, 5.41) is 6.79. The van der Waals surface area contributed by atoms with Gasteiger partial charge < -0.3 is 20.3 Å². The minimum atomic E-state index is -1.13. The maximum atomic E-state index is 13.9. The molecule has 4 aliphatic rings. The van der Waals surface area contributed by atoms with E-state index >= 15 is 0 Å². The molecule has 8 atom stereocenters. The Hall–Kier alpha value is -2.38. The molecule has 1 spiro atoms. The molecule has 1 aromatic rings. The number of hydrogen-bond donors (Lipinski definition) is 2. The number of amides is 3. The molecule has 0 radical (unpaired) electrons. The van der Waals surface area contributed by atoms with E-state index in [1.165, 1.54) is 6.42 Å². The van der Waals surface area contributed by atoms with Gasteiger partial charge in [0.05, 0.1) is 17.9 Å². The summed E-state index contributed by atoms with van der Waals surface area (Å²) in [5.41, 5.74) is 0.359. The summed E-state index contributed by atoms with van der Waals surface area (Å²) in [6.07, 6.45) is 8.03. The molecular weight excluding hydrogens is 490 g/mol. The normalized spacial score (nSPS) is 36.1. The number of nitrogens with one attached hydrogen (secondary N) is 2. The topological polar surface area (TPSA) is 87.7 Å². The number of carbonyl (C=O) groups excluding carboxylic acids is 3. The maximum absolute atomic E-state index is 13.9. The number of anilines is 1. The van der Waals surface area contributed by atoms with E-state index in [0.29, 0.717) is 29.1 Å². The Balaban J connectivity index is 1.42. The minimum Gasteiger partial charge on any atom is -0.359 e. The summed E-state index contributed by atoms with van der Waals surface area (Å²) in [6, 6.07) is 4.64. The van der Waals surface area contributed by atoms with Crippen molar-refractivity contribution in [3.05, 3.63) is 40.9 Å². The fourth-order valence-electron chi connectivity index (χ4n) is 6.78. The second-order valence-electron chi connectivity index (χ2n) is 11.4. The number of carbonyl (C=O) groups is 3. The van der Waals surface area contributed by atoms with Crippen LogP contribution in [0.3, 0.4) is 0 Å². The van der Waals surface area contributed by atoms with Gasteiger partial charge in [-0.05, 0) is 49.3 Å². The summed E-state index contributed by atoms with van der Waals surface area (Å²) in [7, 11) is 0. The number of nitrogens with zero attached hydrogens (tertiary/aromatic N) is 1. The average Bonchev–Trinajstić information content (AvgIpc) is 3.50. The highest BCUT2D eigenvalue weighted by Gasteiger charge is 2.72. The molecule has 8 heteroatoms. The van der Waals surface area contributed by atoms with Crippen molar-refractivity contribution in [2.45, 2.75) is 83.6 Å². The van der Waals surface area contributed by atoms with Crippen molar-refractivity contribution in [1.29, 1.82) is 0 Å². The zero-order valence-electron chi connectivity index (χ0n) is 22.1. The van der Waals surface area contributed by atoms with Crippen molar-refractivity contribution in [2.75, 3.05) is 11.9 Å². The zero-order valence-corrected chi connectivity index (χ0v) is 22.9. The molecule has 3 aliphatic heterocycles. The maximum Gasteiger partial charge on any atom is 0.246 e. The highest BCUT2D eigenvalue weighted by Crippen LogP contribution is 2.55. The molecule has 1 aromatic carbocycles. The molecule has 2 bridgehead atoms. The van der Waals surface area contributed by atoms with Crippen molar-refractivity contribution >= 4 is 35.0 Å². The van der Waals surface area contributed by atoms with Crippen molar-refractivity contribution in [3.8, 4) is 0 Å². The average molecular weight is 528 g/mol. The molecule has 3 heterocycles. The van der Waals surface area contributed by atoms with Crippen LogP contribution in [0.25, 0.3) is 0 Å². The lowest BCUT2D eigenvalue weighted by molar-refractivity contribution is -0.141. The predicted molar refractivity (Wildman–Crippen MR) is 143 cm³/mol. The Kier molecular flexibility index (Phi) is 7.14. The van der Waals surface area contributed by atoms with Crippen LogP contribution in [-0.4, -0.2) is 53.0 Å². The predicted octanol–water partition coefficient (Wildman–Crippen LogP) is 4.48. The lowest BCUT2D eigenvalue weighted by atomic mass is 9.73. The van der Waals surface area contributed by atoms with Gasteiger partial charge in [-0.25, -0.2) is 0 Å². The van der Waals surface area contributed by atoms with Gasteiger partial charge in [-0.1, -0.05) is 69.9 Å². The molecule has 3 amide bonds. The van der Waals surface area contributed by atoms with Gasteiger partial charge >= 0.3 is 0 Å². The Morgan fingerprint density at radius 1 is 1.22 bits per heavy atom. The van der Waals surface area contributed by atoms with Crippen LogP contribution in [0.1, 0.15) is 58.4 Å². The SMILES string of the molecule is CCCCN1C(=O)[C@H]2[C@H](C(=O)Nc3ccc(C)c(Cl)c3)[C@H]3C=C[C@@]2(O3)[C@@H]1C(=O)N[C@@H]1CCC[C@H](C)[C@@H]1C. The first-order chi connectivity index (χ1) is 17.7. The number of unbranched alkanes of at least 4 members (excludes halogenated alkanes) is 1. The fourth-order valence-corrected chi connectivity index (χ4v) is 6.96. The van der Waals surface area contributed by atoms with Crippen LogP contribution in [0, 0.1) is 30.6 Å². The fraction of sp³-hybridized carbons (Fsp3) is 0.621. The van der Waals surface area contributed by atoms with E-state index in [4.69, 9.17) is 16.3 Å².